The number of nitrogens with one attached hydrogen (secondary N) is 3. The van der Waals surface area contributed by atoms with Gasteiger partial charge in [0.25, 0.3) is 0 Å². The molecule has 1 aliphatic heterocycles. The van der Waals surface area contributed by atoms with Gasteiger partial charge in [-0.1, -0.05) is 12.1 Å². The highest BCUT2D eigenvalue weighted by atomic mass is 32.2. The van der Waals surface area contributed by atoms with Crippen molar-refractivity contribution in [3.63, 3.8) is 0 Å². The smallest absolute Gasteiger partial charge is 0.348 e. The van der Waals surface area contributed by atoms with E-state index >= 15 is 0 Å². The quantitative estimate of drug-likeness (QED) is 0.739. The number of alkyl halides is 3. The second-order valence-corrected chi connectivity index (χ2v) is 7.20. The highest BCUT2D eigenvalue weighted by Gasteiger charge is 2.38. The molecule has 1 aliphatic rings. The summed E-state index contributed by atoms with van der Waals surface area (Å²) < 4.78 is 48.6. The van der Waals surface area contributed by atoms with Crippen molar-refractivity contribution in [1.29, 1.82) is 0 Å². The minimum absolute atomic E-state index is 0.00634. The van der Waals surface area contributed by atoms with Crippen LogP contribution in [0.1, 0.15) is 31.9 Å². The number of hydrogen-bond donors (Lipinski definition) is 3. The summed E-state index contributed by atoms with van der Waals surface area (Å²) in [6.07, 6.45) is -0.323. The van der Waals surface area contributed by atoms with Gasteiger partial charge in [-0.2, -0.15) is 13.2 Å². The van der Waals surface area contributed by atoms with Crippen LogP contribution in [-0.2, 0) is 20.4 Å². The molecule has 25 heavy (non-hydrogen) atoms. The van der Waals surface area contributed by atoms with Crippen molar-refractivity contribution >= 4 is 22.6 Å². The molecule has 0 bridgehead atoms. The van der Waals surface area contributed by atoms with Crippen molar-refractivity contribution in [3.05, 3.63) is 29.8 Å². The van der Waals surface area contributed by atoms with E-state index in [2.05, 4.69) is 16.0 Å². The molecule has 2 rings (SSSR count). The molecule has 1 saturated heterocycles. The minimum atomic E-state index is -4.81. The third-order valence-electron chi connectivity index (χ3n) is 3.70. The molecule has 0 spiro atoms. The van der Waals surface area contributed by atoms with Crippen LogP contribution < -0.4 is 16.0 Å². The number of hydrogen-bond acceptors (Lipinski definition) is 4. The lowest BCUT2D eigenvalue weighted by Gasteiger charge is -2.29. The Labute approximate surface area is 145 Å². The molecule has 1 fully saturated rings. The van der Waals surface area contributed by atoms with Crippen LogP contribution in [0.4, 0.5) is 13.2 Å². The van der Waals surface area contributed by atoms with Gasteiger partial charge in [0.1, 0.15) is 0 Å². The molecule has 0 aliphatic carbocycles. The molecule has 4 atom stereocenters. The van der Waals surface area contributed by atoms with Crippen molar-refractivity contribution in [1.82, 2.24) is 16.0 Å². The van der Waals surface area contributed by atoms with Crippen LogP contribution in [0.3, 0.4) is 0 Å². The van der Waals surface area contributed by atoms with Crippen LogP contribution in [0.5, 0.6) is 0 Å². The second-order valence-electron chi connectivity index (χ2n) is 5.73. The van der Waals surface area contributed by atoms with Crippen LogP contribution in [-0.4, -0.2) is 33.7 Å². The first-order valence-corrected chi connectivity index (χ1v) is 8.67. The normalized spacial score (nSPS) is 23.5. The Balaban J connectivity index is 2.01. The Bertz CT molecular complexity index is 679. The third kappa shape index (κ3) is 5.02. The third-order valence-corrected chi connectivity index (χ3v) is 4.82. The van der Waals surface area contributed by atoms with E-state index in [9.17, 15) is 27.0 Å². The maximum Gasteiger partial charge on any atom is 0.475 e. The Hall–Kier alpha value is -1.94. The average Bonchev–Trinajstić information content (AvgIpc) is 2.52. The van der Waals surface area contributed by atoms with Crippen LogP contribution in [0.15, 0.2) is 29.2 Å². The largest absolute Gasteiger partial charge is 0.475 e. The lowest BCUT2D eigenvalue weighted by Crippen LogP contribution is -2.59. The molecule has 138 valence electrons. The molecule has 3 N–H and O–H groups in total. The van der Waals surface area contributed by atoms with Crippen molar-refractivity contribution in [2.45, 2.75) is 48.9 Å². The predicted octanol–water partition coefficient (Wildman–Crippen LogP) is 1.32. The number of carbonyl (C=O) groups is 2. The van der Waals surface area contributed by atoms with Crippen LogP contribution in [0.25, 0.3) is 0 Å². The van der Waals surface area contributed by atoms with Crippen LogP contribution >= 0.6 is 0 Å². The summed E-state index contributed by atoms with van der Waals surface area (Å²) in [4.78, 5) is 23.4. The molecular weight excluding hydrogens is 359 g/mol. The summed E-state index contributed by atoms with van der Waals surface area (Å²) >= 11 is 0. The number of halogens is 3. The molecular formula is C15H18F3N3O3S. The SMILES string of the molecule is CC1NC(=O)CC(C(=O)N[C@H](C)c2ccc(S(=O)C(F)(F)F)cc2)N1. The summed E-state index contributed by atoms with van der Waals surface area (Å²) in [7, 11) is -3.09. The first kappa shape index (κ1) is 19.4. The summed E-state index contributed by atoms with van der Waals surface area (Å²) in [5, 5.41) is 8.27. The van der Waals surface area contributed by atoms with Gasteiger partial charge in [-0.15, -0.1) is 0 Å². The molecule has 2 amide bonds. The predicted molar refractivity (Wildman–Crippen MR) is 84.6 cm³/mol. The number of benzene rings is 1. The van der Waals surface area contributed by atoms with Gasteiger partial charge in [0.05, 0.1) is 24.7 Å². The van der Waals surface area contributed by atoms with Gasteiger partial charge < -0.3 is 10.6 Å². The van der Waals surface area contributed by atoms with Crippen molar-refractivity contribution in [3.8, 4) is 0 Å². The van der Waals surface area contributed by atoms with Crippen molar-refractivity contribution < 1.29 is 27.0 Å². The van der Waals surface area contributed by atoms with Crippen molar-refractivity contribution in [2.24, 2.45) is 0 Å². The van der Waals surface area contributed by atoms with Crippen molar-refractivity contribution in [2.75, 3.05) is 0 Å². The fraction of sp³-hybridized carbons (Fsp3) is 0.467. The molecule has 0 radical (unpaired) electrons. The molecule has 1 heterocycles. The highest BCUT2D eigenvalue weighted by molar-refractivity contribution is 7.86. The Morgan fingerprint density at radius 1 is 1.32 bits per heavy atom. The zero-order chi connectivity index (χ0) is 18.8. The van der Waals surface area contributed by atoms with E-state index in [1.165, 1.54) is 12.1 Å². The molecule has 3 unspecified atom stereocenters. The topological polar surface area (TPSA) is 87.3 Å². The van der Waals surface area contributed by atoms with Crippen LogP contribution in [0.2, 0.25) is 0 Å². The summed E-state index contributed by atoms with van der Waals surface area (Å²) in [5.41, 5.74) is -4.25. The molecule has 0 saturated carbocycles. The molecule has 0 aromatic heterocycles. The summed E-state index contributed by atoms with van der Waals surface area (Å²) in [6.45, 7) is 3.38. The second kappa shape index (κ2) is 7.52. The minimum Gasteiger partial charge on any atom is -0.348 e. The molecule has 10 heteroatoms. The van der Waals surface area contributed by atoms with E-state index in [1.54, 1.807) is 13.8 Å². The number of carbonyl (C=O) groups excluding carboxylic acids is 2. The Kier molecular flexibility index (Phi) is 5.83. The van der Waals surface area contributed by atoms with Gasteiger partial charge in [-0.3, -0.25) is 14.9 Å². The van der Waals surface area contributed by atoms with E-state index in [-0.39, 0.29) is 29.3 Å². The standard InChI is InChI=1S/C15H18F3N3O3S/c1-8(19-14(23)12-7-13(22)21-9(2)20-12)10-3-5-11(6-4-10)25(24)15(16,17)18/h3-6,8-9,12,20H,7H2,1-2H3,(H,19,23)(H,21,22)/t8-,9?,12?,25?/m1/s1. The zero-order valence-corrected chi connectivity index (χ0v) is 14.3. The summed E-state index contributed by atoms with van der Waals surface area (Å²) in [5.74, 6) is -0.616. The van der Waals surface area contributed by atoms with Gasteiger partial charge in [0, 0.05) is 4.90 Å². The van der Waals surface area contributed by atoms with E-state index in [4.69, 9.17) is 0 Å². The van der Waals surface area contributed by atoms with Gasteiger partial charge in [0.15, 0.2) is 10.8 Å². The van der Waals surface area contributed by atoms with Gasteiger partial charge in [-0.05, 0) is 31.5 Å². The fourth-order valence-corrected chi connectivity index (χ4v) is 3.12. The van der Waals surface area contributed by atoms with Gasteiger partial charge in [0.2, 0.25) is 11.8 Å². The maximum atomic E-state index is 12.4. The van der Waals surface area contributed by atoms with E-state index in [0.717, 1.165) is 12.1 Å². The zero-order valence-electron chi connectivity index (χ0n) is 13.5. The van der Waals surface area contributed by atoms with E-state index in [0.29, 0.717) is 5.56 Å². The Morgan fingerprint density at radius 2 is 1.92 bits per heavy atom. The number of amides is 2. The number of rotatable bonds is 4. The highest BCUT2D eigenvalue weighted by Crippen LogP contribution is 2.27. The van der Waals surface area contributed by atoms with Gasteiger partial charge >= 0.3 is 5.51 Å². The van der Waals surface area contributed by atoms with Crippen LogP contribution in [0, 0.1) is 0 Å². The van der Waals surface area contributed by atoms with E-state index < -0.39 is 28.4 Å². The first-order chi connectivity index (χ1) is 11.6. The fourth-order valence-electron chi connectivity index (χ4n) is 2.47. The Morgan fingerprint density at radius 3 is 2.44 bits per heavy atom. The lowest BCUT2D eigenvalue weighted by molar-refractivity contribution is -0.132. The van der Waals surface area contributed by atoms with E-state index in [1.807, 2.05) is 0 Å². The lowest BCUT2D eigenvalue weighted by atomic mass is 10.1. The maximum absolute atomic E-state index is 12.4. The molecule has 1 aromatic carbocycles. The van der Waals surface area contributed by atoms with Gasteiger partial charge in [-0.25, -0.2) is 4.21 Å². The summed E-state index contributed by atoms with van der Waals surface area (Å²) in [6, 6.07) is 3.85. The average molecular weight is 377 g/mol. The molecule has 1 aromatic rings. The first-order valence-electron chi connectivity index (χ1n) is 7.52. The monoisotopic (exact) mass is 377 g/mol. The molecule has 6 nitrogen and oxygen atoms in total.